The lowest BCUT2D eigenvalue weighted by molar-refractivity contribution is -0.149. The molecule has 1 saturated heterocycles. The molecule has 2 rings (SSSR count). The first kappa shape index (κ1) is 24.5. The normalized spacial score (nSPS) is 18.6. The summed E-state index contributed by atoms with van der Waals surface area (Å²) in [5.41, 5.74) is 2.24. The molecule has 0 bridgehead atoms. The molecule has 0 saturated carbocycles. The number of hydrogen-bond donors (Lipinski definition) is 2. The number of para-hydroxylation sites is 1. The number of piperidine rings is 1. The fourth-order valence-corrected chi connectivity index (χ4v) is 5.25. The van der Waals surface area contributed by atoms with Crippen LogP contribution in [0, 0.1) is 0 Å². The van der Waals surface area contributed by atoms with Gasteiger partial charge in [0.1, 0.15) is 5.37 Å². The van der Waals surface area contributed by atoms with Crippen molar-refractivity contribution in [2.24, 2.45) is 0 Å². The van der Waals surface area contributed by atoms with Crippen LogP contribution >= 0.6 is 0 Å². The number of sulfonamides is 1. The van der Waals surface area contributed by atoms with Gasteiger partial charge >= 0.3 is 12.2 Å². The maximum Gasteiger partial charge on any atom is 0.401 e. The first-order valence-electron chi connectivity index (χ1n) is 10.1. The van der Waals surface area contributed by atoms with Gasteiger partial charge in [-0.05, 0) is 48.8 Å². The third-order valence-electron chi connectivity index (χ3n) is 5.14. The molecule has 0 radical (unpaired) electrons. The lowest BCUT2D eigenvalue weighted by Crippen LogP contribution is -2.53. The Balaban J connectivity index is 2.23. The summed E-state index contributed by atoms with van der Waals surface area (Å²) >= 11 is 0. The van der Waals surface area contributed by atoms with E-state index in [0.717, 1.165) is 16.0 Å². The highest BCUT2D eigenvalue weighted by molar-refractivity contribution is 7.90. The van der Waals surface area contributed by atoms with E-state index in [4.69, 9.17) is 0 Å². The van der Waals surface area contributed by atoms with E-state index in [0.29, 0.717) is 18.5 Å². The monoisotopic (exact) mass is 449 g/mol. The first-order valence-corrected chi connectivity index (χ1v) is 11.6. The zero-order valence-corrected chi connectivity index (χ0v) is 18.5. The van der Waals surface area contributed by atoms with Gasteiger partial charge in [-0.2, -0.15) is 13.2 Å². The van der Waals surface area contributed by atoms with E-state index in [1.165, 1.54) is 0 Å². The van der Waals surface area contributed by atoms with Crippen molar-refractivity contribution in [3.63, 3.8) is 0 Å². The number of nitrogens with one attached hydrogen (secondary N) is 2. The Hall–Kier alpha value is -1.81. The number of benzene rings is 1. The lowest BCUT2D eigenvalue weighted by Gasteiger charge is -2.35. The fourth-order valence-electron chi connectivity index (χ4n) is 3.75. The topological polar surface area (TPSA) is 78.5 Å². The summed E-state index contributed by atoms with van der Waals surface area (Å²) in [6.45, 7) is 6.51. The molecule has 30 heavy (non-hydrogen) atoms. The predicted molar refractivity (Wildman–Crippen MR) is 111 cm³/mol. The molecule has 1 aliphatic heterocycles. The van der Waals surface area contributed by atoms with Gasteiger partial charge in [0.2, 0.25) is 0 Å². The second-order valence-electron chi connectivity index (χ2n) is 8.26. The van der Waals surface area contributed by atoms with Gasteiger partial charge in [0.25, 0.3) is 10.0 Å². The summed E-state index contributed by atoms with van der Waals surface area (Å²) in [6.07, 6.45) is -3.52. The molecule has 0 aliphatic carbocycles. The van der Waals surface area contributed by atoms with E-state index in [1.807, 2.05) is 50.6 Å². The quantitative estimate of drug-likeness (QED) is 0.656. The molecule has 1 heterocycles. The molecule has 1 unspecified atom stereocenters. The number of amides is 2. The summed E-state index contributed by atoms with van der Waals surface area (Å²) in [4.78, 5) is 13.4. The van der Waals surface area contributed by atoms with Crippen LogP contribution in [0.25, 0.3) is 0 Å². The molecule has 10 heteroatoms. The van der Waals surface area contributed by atoms with E-state index in [-0.39, 0.29) is 24.8 Å². The third kappa shape index (κ3) is 6.34. The Labute approximate surface area is 176 Å². The maximum atomic E-state index is 12.9. The predicted octanol–water partition coefficient (Wildman–Crippen LogP) is 4.76. The average molecular weight is 450 g/mol. The van der Waals surface area contributed by atoms with Gasteiger partial charge in [0.05, 0.1) is 6.54 Å². The molecule has 0 aromatic heterocycles. The molecule has 1 aliphatic rings. The summed E-state index contributed by atoms with van der Waals surface area (Å²) in [7, 11) is -4.33. The third-order valence-corrected chi connectivity index (χ3v) is 6.86. The van der Waals surface area contributed by atoms with Crippen LogP contribution in [0.5, 0.6) is 0 Å². The number of carbonyl (C=O) groups excluding carboxylic acids is 1. The number of anilines is 1. The van der Waals surface area contributed by atoms with Gasteiger partial charge in [-0.1, -0.05) is 45.9 Å². The number of nitrogens with zero attached hydrogens (tertiary/aromatic N) is 1. The largest absolute Gasteiger partial charge is 0.401 e. The summed E-state index contributed by atoms with van der Waals surface area (Å²) in [5.74, 6) is 0.160. The number of alkyl halides is 3. The molecule has 170 valence electrons. The van der Waals surface area contributed by atoms with Crippen LogP contribution in [0.2, 0.25) is 0 Å². The van der Waals surface area contributed by atoms with E-state index < -0.39 is 34.1 Å². The molecule has 2 amide bonds. The van der Waals surface area contributed by atoms with Crippen molar-refractivity contribution in [2.45, 2.75) is 70.3 Å². The van der Waals surface area contributed by atoms with Crippen LogP contribution in [-0.4, -0.2) is 44.0 Å². The van der Waals surface area contributed by atoms with Crippen LogP contribution in [-0.2, 0) is 10.0 Å². The number of likely N-dealkylation sites (tertiary alicyclic amines) is 1. The standard InChI is InChI=1S/C20H30F3N3O3S/c1-13(2)15-8-7-9-16(14(3)4)18(15)24-19(27)25-30(28,29)17-10-5-6-11-26(17)12-20(21,22)23/h7-9,13-14,17H,5-6,10-12H2,1-4H3,(H2,24,25,27). The van der Waals surface area contributed by atoms with Gasteiger partial charge in [-0.15, -0.1) is 0 Å². The fraction of sp³-hybridized carbons (Fsp3) is 0.650. The van der Waals surface area contributed by atoms with Crippen molar-refractivity contribution in [1.29, 1.82) is 0 Å². The highest BCUT2D eigenvalue weighted by Gasteiger charge is 2.41. The average Bonchev–Trinajstić information content (AvgIpc) is 2.59. The highest BCUT2D eigenvalue weighted by atomic mass is 32.2. The second-order valence-corrected chi connectivity index (χ2v) is 10.1. The van der Waals surface area contributed by atoms with Crippen LogP contribution in [0.3, 0.4) is 0 Å². The molecule has 2 N–H and O–H groups in total. The number of halogens is 3. The molecule has 1 aromatic carbocycles. The Morgan fingerprint density at radius 3 is 2.20 bits per heavy atom. The Bertz CT molecular complexity index is 828. The molecule has 1 fully saturated rings. The van der Waals surface area contributed by atoms with Crippen molar-refractivity contribution in [1.82, 2.24) is 9.62 Å². The number of carbonyl (C=O) groups is 1. The SMILES string of the molecule is CC(C)c1cccc(C(C)C)c1NC(=O)NS(=O)(=O)C1CCCCN1CC(F)(F)F. The molecule has 1 aromatic rings. The van der Waals surface area contributed by atoms with Crippen molar-refractivity contribution in [3.05, 3.63) is 29.3 Å². The minimum Gasteiger partial charge on any atom is -0.307 e. The maximum absolute atomic E-state index is 12.9. The zero-order chi connectivity index (χ0) is 22.7. The minimum atomic E-state index is -4.52. The van der Waals surface area contributed by atoms with E-state index >= 15 is 0 Å². The molecular weight excluding hydrogens is 419 g/mol. The number of rotatable bonds is 6. The van der Waals surface area contributed by atoms with Gasteiger partial charge in [0.15, 0.2) is 0 Å². The Morgan fingerprint density at radius 1 is 1.13 bits per heavy atom. The summed E-state index contributed by atoms with van der Waals surface area (Å²) in [6, 6.07) is 4.61. The van der Waals surface area contributed by atoms with Crippen LogP contribution in [0.1, 0.15) is 69.9 Å². The van der Waals surface area contributed by atoms with Gasteiger partial charge in [0, 0.05) is 5.69 Å². The summed E-state index contributed by atoms with van der Waals surface area (Å²) < 4.78 is 66.0. The van der Waals surface area contributed by atoms with Gasteiger partial charge < -0.3 is 5.32 Å². The van der Waals surface area contributed by atoms with Crippen LogP contribution < -0.4 is 10.0 Å². The smallest absolute Gasteiger partial charge is 0.307 e. The molecule has 6 nitrogen and oxygen atoms in total. The highest BCUT2D eigenvalue weighted by Crippen LogP contribution is 2.32. The first-order chi connectivity index (χ1) is 13.8. The number of hydrogen-bond acceptors (Lipinski definition) is 4. The van der Waals surface area contributed by atoms with E-state index in [1.54, 1.807) is 0 Å². The minimum absolute atomic E-state index is 0.0143. The van der Waals surface area contributed by atoms with Crippen molar-refractivity contribution < 1.29 is 26.4 Å². The van der Waals surface area contributed by atoms with Crippen molar-refractivity contribution in [3.8, 4) is 0 Å². The van der Waals surface area contributed by atoms with Crippen LogP contribution in [0.4, 0.5) is 23.7 Å². The van der Waals surface area contributed by atoms with Crippen molar-refractivity contribution in [2.75, 3.05) is 18.4 Å². The second kappa shape index (κ2) is 9.55. The lowest BCUT2D eigenvalue weighted by atomic mass is 9.93. The van der Waals surface area contributed by atoms with E-state index in [9.17, 15) is 26.4 Å². The van der Waals surface area contributed by atoms with E-state index in [2.05, 4.69) is 5.32 Å². The molecule has 1 atom stereocenters. The Morgan fingerprint density at radius 2 is 1.70 bits per heavy atom. The zero-order valence-electron chi connectivity index (χ0n) is 17.7. The van der Waals surface area contributed by atoms with Crippen LogP contribution in [0.15, 0.2) is 18.2 Å². The number of urea groups is 1. The molecule has 0 spiro atoms. The Kier molecular flexibility index (Phi) is 7.79. The van der Waals surface area contributed by atoms with Gasteiger partial charge in [-0.3, -0.25) is 4.90 Å². The summed E-state index contributed by atoms with van der Waals surface area (Å²) in [5, 5.41) is 1.23. The van der Waals surface area contributed by atoms with Crippen molar-refractivity contribution >= 4 is 21.7 Å². The van der Waals surface area contributed by atoms with Gasteiger partial charge in [-0.25, -0.2) is 17.9 Å². The molecular formula is C20H30F3N3O3S.